The van der Waals surface area contributed by atoms with E-state index in [9.17, 15) is 9.59 Å². The van der Waals surface area contributed by atoms with Crippen molar-refractivity contribution in [2.24, 2.45) is 0 Å². The highest BCUT2D eigenvalue weighted by atomic mass is 16.5. The van der Waals surface area contributed by atoms with E-state index < -0.39 is 5.97 Å². The Morgan fingerprint density at radius 3 is 2.63 bits per heavy atom. The molecule has 138 valence electrons. The summed E-state index contributed by atoms with van der Waals surface area (Å²) in [4.78, 5) is 27.0. The predicted molar refractivity (Wildman–Crippen MR) is 96.6 cm³/mol. The quantitative estimate of drug-likeness (QED) is 0.591. The zero-order valence-corrected chi connectivity index (χ0v) is 14.6. The van der Waals surface area contributed by atoms with Crippen LogP contribution >= 0.6 is 0 Å². The third kappa shape index (κ3) is 4.91. The minimum absolute atomic E-state index is 0.118. The molecule has 0 saturated carbocycles. The lowest BCUT2D eigenvalue weighted by Crippen LogP contribution is -2.24. The first kappa shape index (κ1) is 18.1. The molecule has 1 aromatic heterocycles. The Kier molecular flexibility index (Phi) is 5.46. The Morgan fingerprint density at radius 1 is 1.15 bits per heavy atom. The molecule has 0 aliphatic heterocycles. The summed E-state index contributed by atoms with van der Waals surface area (Å²) in [6, 6.07) is 14.6. The van der Waals surface area contributed by atoms with Crippen molar-refractivity contribution in [3.05, 3.63) is 71.3 Å². The monoisotopic (exact) mass is 366 g/mol. The van der Waals surface area contributed by atoms with E-state index in [1.807, 2.05) is 37.3 Å². The van der Waals surface area contributed by atoms with Gasteiger partial charge in [-0.2, -0.15) is 5.10 Å². The SMILES string of the molecule is Cc1cc(Oc2ccccc2)ccc1C(=O)NCc1nc(CC(=O)O)n[nH]1. The molecule has 1 amide bonds. The second-order valence-electron chi connectivity index (χ2n) is 5.84. The summed E-state index contributed by atoms with van der Waals surface area (Å²) in [5.74, 6) is 0.639. The van der Waals surface area contributed by atoms with Gasteiger partial charge in [0.1, 0.15) is 23.7 Å². The molecule has 0 spiro atoms. The van der Waals surface area contributed by atoms with Crippen LogP contribution < -0.4 is 10.1 Å². The number of benzene rings is 2. The van der Waals surface area contributed by atoms with Crippen molar-refractivity contribution in [1.29, 1.82) is 0 Å². The third-order valence-corrected chi connectivity index (χ3v) is 3.73. The molecule has 0 aliphatic rings. The lowest BCUT2D eigenvalue weighted by atomic mass is 10.1. The number of carbonyl (C=O) groups is 2. The maximum absolute atomic E-state index is 12.4. The van der Waals surface area contributed by atoms with Gasteiger partial charge in [0.05, 0.1) is 6.54 Å². The molecule has 1 heterocycles. The number of carboxylic acid groups (broad SMARTS) is 1. The molecular formula is C19H18N4O4. The van der Waals surface area contributed by atoms with Crippen LogP contribution in [0.15, 0.2) is 48.5 Å². The van der Waals surface area contributed by atoms with Crippen LogP contribution in [0, 0.1) is 6.92 Å². The maximum Gasteiger partial charge on any atom is 0.311 e. The molecule has 8 nitrogen and oxygen atoms in total. The molecule has 3 aromatic rings. The van der Waals surface area contributed by atoms with Gasteiger partial charge < -0.3 is 15.2 Å². The predicted octanol–water partition coefficient (Wildman–Crippen LogP) is 2.46. The normalized spacial score (nSPS) is 10.4. The number of rotatable bonds is 7. The Balaban J connectivity index is 1.61. The van der Waals surface area contributed by atoms with E-state index in [1.54, 1.807) is 18.2 Å². The van der Waals surface area contributed by atoms with Crippen molar-refractivity contribution in [2.75, 3.05) is 0 Å². The molecule has 0 atom stereocenters. The van der Waals surface area contributed by atoms with E-state index in [2.05, 4.69) is 20.5 Å². The number of carbonyl (C=O) groups excluding carboxylic acids is 1. The van der Waals surface area contributed by atoms with Crippen LogP contribution in [0.1, 0.15) is 27.6 Å². The van der Waals surface area contributed by atoms with Gasteiger partial charge >= 0.3 is 5.97 Å². The summed E-state index contributed by atoms with van der Waals surface area (Å²) in [6.45, 7) is 1.94. The Morgan fingerprint density at radius 2 is 1.93 bits per heavy atom. The highest BCUT2D eigenvalue weighted by Gasteiger charge is 2.12. The highest BCUT2D eigenvalue weighted by molar-refractivity contribution is 5.95. The molecule has 8 heteroatoms. The highest BCUT2D eigenvalue weighted by Crippen LogP contribution is 2.23. The summed E-state index contributed by atoms with van der Waals surface area (Å²) in [7, 11) is 0. The fourth-order valence-electron chi connectivity index (χ4n) is 2.47. The number of aromatic nitrogens is 3. The van der Waals surface area contributed by atoms with Crippen molar-refractivity contribution in [3.63, 3.8) is 0 Å². The first-order chi connectivity index (χ1) is 13.0. The van der Waals surface area contributed by atoms with Crippen molar-refractivity contribution in [2.45, 2.75) is 19.9 Å². The van der Waals surface area contributed by atoms with Gasteiger partial charge in [-0.15, -0.1) is 0 Å². The Hall–Kier alpha value is -3.68. The molecule has 0 unspecified atom stereocenters. The Bertz CT molecular complexity index is 953. The number of H-pyrrole nitrogens is 1. The zero-order chi connectivity index (χ0) is 19.2. The minimum atomic E-state index is -1.02. The summed E-state index contributed by atoms with van der Waals surface area (Å²) >= 11 is 0. The van der Waals surface area contributed by atoms with Crippen LogP contribution in [-0.4, -0.2) is 32.2 Å². The molecule has 3 rings (SSSR count). The van der Waals surface area contributed by atoms with Crippen LogP contribution in [0.25, 0.3) is 0 Å². The van der Waals surface area contributed by atoms with Crippen LogP contribution in [0.5, 0.6) is 11.5 Å². The van der Waals surface area contributed by atoms with Gasteiger partial charge in [0, 0.05) is 5.56 Å². The van der Waals surface area contributed by atoms with Crippen molar-refractivity contribution >= 4 is 11.9 Å². The number of amides is 1. The lowest BCUT2D eigenvalue weighted by molar-refractivity contribution is -0.136. The standard InChI is InChI=1S/C19H18N4O4/c1-12-9-14(27-13-5-3-2-4-6-13)7-8-15(12)19(26)20-11-17-21-16(22-23-17)10-18(24)25/h2-9H,10-11H2,1H3,(H,20,26)(H,24,25)(H,21,22,23). The van der Waals surface area contributed by atoms with Crippen molar-refractivity contribution in [3.8, 4) is 11.5 Å². The second kappa shape index (κ2) is 8.13. The van der Waals surface area contributed by atoms with Crippen molar-refractivity contribution in [1.82, 2.24) is 20.5 Å². The number of aliphatic carboxylic acids is 1. The van der Waals surface area contributed by atoms with E-state index in [-0.39, 0.29) is 24.7 Å². The average molecular weight is 366 g/mol. The largest absolute Gasteiger partial charge is 0.481 e. The van der Waals surface area contributed by atoms with Gasteiger partial charge in [-0.05, 0) is 42.8 Å². The first-order valence-corrected chi connectivity index (χ1v) is 8.25. The molecule has 2 aromatic carbocycles. The van der Waals surface area contributed by atoms with Gasteiger partial charge in [-0.25, -0.2) is 4.98 Å². The van der Waals surface area contributed by atoms with Crippen LogP contribution in [0.3, 0.4) is 0 Å². The van der Waals surface area contributed by atoms with Crippen LogP contribution in [0.4, 0.5) is 0 Å². The first-order valence-electron chi connectivity index (χ1n) is 8.25. The fourth-order valence-corrected chi connectivity index (χ4v) is 2.47. The average Bonchev–Trinajstić information content (AvgIpc) is 3.07. The number of nitrogens with one attached hydrogen (secondary N) is 2. The minimum Gasteiger partial charge on any atom is -0.481 e. The molecule has 0 saturated heterocycles. The molecule has 0 fully saturated rings. The Labute approximate surface area is 155 Å². The van der Waals surface area contributed by atoms with Gasteiger partial charge in [-0.1, -0.05) is 18.2 Å². The number of hydrogen-bond donors (Lipinski definition) is 3. The van der Waals surface area contributed by atoms with Gasteiger partial charge in [0.25, 0.3) is 5.91 Å². The van der Waals surface area contributed by atoms with Gasteiger partial charge in [0.15, 0.2) is 5.82 Å². The molecule has 0 bridgehead atoms. The summed E-state index contributed by atoms with van der Waals surface area (Å²) in [5, 5.41) is 17.8. The van der Waals surface area contributed by atoms with E-state index in [1.165, 1.54) is 0 Å². The van der Waals surface area contributed by atoms with Crippen molar-refractivity contribution < 1.29 is 19.4 Å². The van der Waals surface area contributed by atoms with Crippen LogP contribution in [0.2, 0.25) is 0 Å². The molecule has 0 radical (unpaired) electrons. The number of para-hydroxylation sites is 1. The maximum atomic E-state index is 12.4. The second-order valence-corrected chi connectivity index (χ2v) is 5.84. The van der Waals surface area contributed by atoms with Crippen LogP contribution in [-0.2, 0) is 17.8 Å². The number of ether oxygens (including phenoxy) is 1. The summed E-state index contributed by atoms with van der Waals surface area (Å²) < 4.78 is 5.75. The summed E-state index contributed by atoms with van der Waals surface area (Å²) in [5.41, 5.74) is 1.28. The smallest absolute Gasteiger partial charge is 0.311 e. The fraction of sp³-hybridized carbons (Fsp3) is 0.158. The zero-order valence-electron chi connectivity index (χ0n) is 14.6. The van der Waals surface area contributed by atoms with E-state index >= 15 is 0 Å². The number of aryl methyl sites for hydroxylation is 1. The number of nitrogens with zero attached hydrogens (tertiary/aromatic N) is 2. The topological polar surface area (TPSA) is 117 Å². The van der Waals surface area contributed by atoms with Gasteiger partial charge in [-0.3, -0.25) is 14.7 Å². The van der Waals surface area contributed by atoms with E-state index in [0.717, 1.165) is 11.3 Å². The molecule has 0 aliphatic carbocycles. The van der Waals surface area contributed by atoms with E-state index in [4.69, 9.17) is 9.84 Å². The number of hydrogen-bond acceptors (Lipinski definition) is 5. The molecular weight excluding hydrogens is 348 g/mol. The lowest BCUT2D eigenvalue weighted by Gasteiger charge is -2.10. The number of carboxylic acids is 1. The molecule has 3 N–H and O–H groups in total. The van der Waals surface area contributed by atoms with Gasteiger partial charge in [0.2, 0.25) is 0 Å². The third-order valence-electron chi connectivity index (χ3n) is 3.73. The van der Waals surface area contributed by atoms with E-state index in [0.29, 0.717) is 17.1 Å². The number of aromatic amines is 1. The summed E-state index contributed by atoms with van der Waals surface area (Å²) in [6.07, 6.45) is -0.271. The molecule has 27 heavy (non-hydrogen) atoms.